The fourth-order valence-corrected chi connectivity index (χ4v) is 24.7. The smallest absolute Gasteiger partial charge is 0.408 e. The molecular formula is C106H120N8O20S2. The number of esters is 2. The topological polar surface area (TPSA) is 312 Å². The summed E-state index contributed by atoms with van der Waals surface area (Å²) in [4.78, 5) is 65.2. The molecule has 716 valence electrons. The molecule has 8 aromatic carbocycles. The summed E-state index contributed by atoms with van der Waals surface area (Å²) in [5.41, 5.74) is 18.2. The van der Waals surface area contributed by atoms with Crippen LogP contribution in [-0.2, 0) is 63.7 Å². The van der Waals surface area contributed by atoms with Crippen LogP contribution in [0, 0.1) is 50.4 Å². The molecule has 0 saturated carbocycles. The van der Waals surface area contributed by atoms with E-state index in [0.717, 1.165) is 61.2 Å². The second kappa shape index (κ2) is 40.1. The number of benzene rings is 8. The first-order chi connectivity index (χ1) is 65.5. The number of likely N-dealkylation sites (N-methyl/N-ethyl adjacent to an activating group) is 2. The zero-order valence-corrected chi connectivity index (χ0v) is 81.4. The van der Waals surface area contributed by atoms with Gasteiger partial charge < -0.3 is 86.8 Å². The molecule has 30 heteroatoms. The van der Waals surface area contributed by atoms with Crippen molar-refractivity contribution in [3.63, 3.8) is 0 Å². The Morgan fingerprint density at radius 1 is 0.522 bits per heavy atom. The largest absolute Gasteiger partial charge is 0.504 e. The van der Waals surface area contributed by atoms with Gasteiger partial charge in [0.25, 0.3) is 0 Å². The number of nitrogens with one attached hydrogen (secondary N) is 2. The summed E-state index contributed by atoms with van der Waals surface area (Å²) >= 11 is 3.12. The number of nitriles is 2. The third-order valence-electron chi connectivity index (χ3n) is 27.7. The minimum absolute atomic E-state index is 0.0193. The number of carbonyl (C=O) groups excluding carboxylic acids is 4. The van der Waals surface area contributed by atoms with Crippen LogP contribution in [0.15, 0.2) is 135 Å². The zero-order valence-electron chi connectivity index (χ0n) is 79.8. The molecule has 12 atom stereocenters. The lowest BCUT2D eigenvalue weighted by molar-refractivity contribution is -0.151. The van der Waals surface area contributed by atoms with Gasteiger partial charge >= 0.3 is 24.1 Å². The van der Waals surface area contributed by atoms with Gasteiger partial charge in [-0.25, -0.2) is 19.2 Å². The summed E-state index contributed by atoms with van der Waals surface area (Å²) in [5.74, 6) is 5.62. The van der Waals surface area contributed by atoms with E-state index in [0.29, 0.717) is 108 Å². The molecule has 8 heterocycles. The molecule has 2 amide bonds. The van der Waals surface area contributed by atoms with Crippen LogP contribution in [0.1, 0.15) is 167 Å². The summed E-state index contributed by atoms with van der Waals surface area (Å²) in [6, 6.07) is 36.1. The maximum Gasteiger partial charge on any atom is 0.408 e. The number of amides is 2. The average Bonchev–Trinajstić information content (AvgIpc) is 0.899. The van der Waals surface area contributed by atoms with Gasteiger partial charge in [0.2, 0.25) is 13.6 Å². The third kappa shape index (κ3) is 18.1. The van der Waals surface area contributed by atoms with Crippen LogP contribution in [0.5, 0.6) is 57.5 Å². The molecule has 2 aliphatic carbocycles. The number of rotatable bonds is 30. The summed E-state index contributed by atoms with van der Waals surface area (Å²) in [6.07, 6.45) is 3.77. The molecule has 8 aliphatic heterocycles. The number of alkyl carbamates (subject to hydrolysis) is 2. The van der Waals surface area contributed by atoms with E-state index in [2.05, 4.69) is 148 Å². The number of piperazine rings is 2. The first kappa shape index (κ1) is 95.9. The number of aromatic hydroxyl groups is 1. The van der Waals surface area contributed by atoms with E-state index in [9.17, 15) is 34.8 Å². The summed E-state index contributed by atoms with van der Waals surface area (Å²) in [6.45, 7) is 27.0. The molecule has 0 aromatic heterocycles. The van der Waals surface area contributed by atoms with Crippen molar-refractivity contribution in [3.05, 3.63) is 224 Å². The van der Waals surface area contributed by atoms with Crippen LogP contribution in [0.3, 0.4) is 0 Å². The number of methoxy groups -OCH3 is 3. The minimum atomic E-state index is -1.08. The molecular weight excluding hydrogens is 1770 g/mol. The van der Waals surface area contributed by atoms with E-state index < -0.39 is 89.7 Å². The zero-order chi connectivity index (χ0) is 96.0. The van der Waals surface area contributed by atoms with Crippen molar-refractivity contribution in [1.82, 2.24) is 30.2 Å². The van der Waals surface area contributed by atoms with Crippen molar-refractivity contribution in [2.45, 2.75) is 190 Å². The molecule has 0 spiro atoms. The van der Waals surface area contributed by atoms with Gasteiger partial charge in [0, 0.05) is 111 Å². The number of carbonyl (C=O) groups is 4. The second-order valence-electron chi connectivity index (χ2n) is 38.0. The lowest BCUT2D eigenvalue weighted by atomic mass is 9.71. The molecule has 18 rings (SSSR count). The minimum Gasteiger partial charge on any atom is -0.504 e. The number of fused-ring (bicyclic) bond motifs is 24. The molecule has 10 aliphatic rings. The molecule has 136 heavy (non-hydrogen) atoms. The second-order valence-corrected chi connectivity index (χ2v) is 40.2. The van der Waals surface area contributed by atoms with Crippen molar-refractivity contribution < 1.29 is 95.3 Å². The van der Waals surface area contributed by atoms with E-state index in [1.165, 1.54) is 44.5 Å². The number of ether oxygens (including phenoxy) is 15. The molecule has 4 bridgehead atoms. The van der Waals surface area contributed by atoms with Crippen molar-refractivity contribution in [3.8, 4) is 91.9 Å². The Kier molecular flexibility index (Phi) is 28.2. The Labute approximate surface area is 803 Å². The highest BCUT2D eigenvalue weighted by molar-refractivity contribution is 7.99. The van der Waals surface area contributed by atoms with Crippen molar-refractivity contribution in [2.75, 3.05) is 118 Å². The standard InChI is InChI=1S/C55H64N4O11S.C51H56N4O9S/c1-10-19-65-49-32(3)50-52(69-30-68-50)46-38(49)24-42-47-45-33(22-31(2)48(63-9)51(45)67-29-64-21-20-62-8)23-41(58(47)7)43(25-56)59(42)44(46)26-66-53(60)40(57-54(61)70-55(4,5)6)28-71-27-39-36-17-13-11-15-34(36)35-16-12-14-18-37(35)39;1-9-18-60-46-28(3)47-48(63-26-62-47)42-34(46)21-38-43-41-29(19-27(2)45(59-8)44(41)56)20-37(54(43)7)39(22-52)55(38)40(42)23-61-49(57)36(53-50(58)64-51(4,5)6)25-65-24-35-32-16-12-10-14-30(32)31-15-11-13-17-33(31)35/h10-18,22,39-44,47H,1,19-21,23-24,26-30H2,2-9H3,(H,57,61);9-17,19,35-40,43,56H,1,18,20-21,23-26H2,2-8H3,(H,53,58)/t40-,41+,42?,43+,44+,47+;36-,37+,38?,39+,40+,43+/m11/s1. The van der Waals surface area contributed by atoms with Crippen molar-refractivity contribution in [2.24, 2.45) is 0 Å². The van der Waals surface area contributed by atoms with Crippen LogP contribution in [0.25, 0.3) is 22.3 Å². The summed E-state index contributed by atoms with van der Waals surface area (Å²) in [5, 5.41) is 40.2. The van der Waals surface area contributed by atoms with Gasteiger partial charge in [-0.15, -0.1) is 0 Å². The van der Waals surface area contributed by atoms with Gasteiger partial charge in [0.1, 0.15) is 73.3 Å². The Bertz CT molecular complexity index is 5950. The Balaban J connectivity index is 0.000000189. The fraction of sp³-hybridized carbons (Fsp3) is 0.453. The van der Waals surface area contributed by atoms with Crippen LogP contribution in [0.4, 0.5) is 9.59 Å². The Hall–Kier alpha value is -11.8. The van der Waals surface area contributed by atoms with Gasteiger partial charge in [0.15, 0.2) is 52.8 Å². The fourth-order valence-electron chi connectivity index (χ4n) is 22.3. The first-order valence-corrected chi connectivity index (χ1v) is 48.6. The maximum absolute atomic E-state index is 14.8. The molecule has 8 aromatic rings. The van der Waals surface area contributed by atoms with Crippen LogP contribution in [-0.4, -0.2) is 227 Å². The lowest BCUT2D eigenvalue weighted by Gasteiger charge is -2.60. The predicted octanol–water partition coefficient (Wildman–Crippen LogP) is 16.4. The number of nitrogens with zero attached hydrogens (tertiary/aromatic N) is 6. The predicted molar refractivity (Wildman–Crippen MR) is 516 cm³/mol. The molecule has 2 fully saturated rings. The highest BCUT2D eigenvalue weighted by Gasteiger charge is 2.60. The molecule has 28 nitrogen and oxygen atoms in total. The summed E-state index contributed by atoms with van der Waals surface area (Å²) in [7, 11) is 8.86. The SMILES string of the molecule is C=CCOc1c(C)c2c(c3c1CC1[C@H]4c5c(cc(C)c(OC)c5O)C[C@@H]([C@H](C#N)N1[C@H]3COC(=O)[C@@H](CSCC1c3ccccc3-c3ccccc31)NC(=O)OC(C)(C)C)N4C)OCO2.C=CCOc1c(C)c2c(c3c1CC1[C@H]4c5c(cc(C)c(OC)c5OCOCCOC)C[C@@H]([C@H](C#N)N1[C@H]3COC(=O)[C@@H](CSCC1c3ccccc3-c3ccccc31)NC(=O)OC(C)(C)C)N4C)OCO2. The van der Waals surface area contributed by atoms with E-state index in [1.54, 1.807) is 98.5 Å². The van der Waals surface area contributed by atoms with Gasteiger partial charge in [-0.2, -0.15) is 34.0 Å². The van der Waals surface area contributed by atoms with Gasteiger partial charge in [-0.3, -0.25) is 19.6 Å². The van der Waals surface area contributed by atoms with Gasteiger partial charge in [-0.05, 0) is 176 Å². The van der Waals surface area contributed by atoms with E-state index in [-0.39, 0.29) is 94.0 Å². The van der Waals surface area contributed by atoms with Crippen LogP contribution in [0.2, 0.25) is 0 Å². The normalized spacial score (nSPS) is 21.5. The highest BCUT2D eigenvalue weighted by Crippen LogP contribution is 2.62. The number of aryl methyl sites for hydroxylation is 2. The van der Waals surface area contributed by atoms with Crippen LogP contribution < -0.4 is 53.3 Å². The Morgan fingerprint density at radius 2 is 0.919 bits per heavy atom. The van der Waals surface area contributed by atoms with E-state index in [1.807, 2.05) is 59.0 Å². The number of thioether (sulfide) groups is 2. The summed E-state index contributed by atoms with van der Waals surface area (Å²) < 4.78 is 91.5. The first-order valence-electron chi connectivity index (χ1n) is 46.3. The Morgan fingerprint density at radius 3 is 1.32 bits per heavy atom. The number of phenols is 1. The number of hydrogen-bond donors (Lipinski definition) is 3. The molecule has 0 radical (unpaired) electrons. The quantitative estimate of drug-likeness (QED) is 0.0124. The van der Waals surface area contributed by atoms with Crippen molar-refractivity contribution >= 4 is 47.6 Å². The third-order valence-corrected chi connectivity index (χ3v) is 30.0. The van der Waals surface area contributed by atoms with Crippen LogP contribution >= 0.6 is 23.5 Å². The average molecular weight is 1890 g/mol. The maximum atomic E-state index is 14.8. The molecule has 2 unspecified atom stereocenters. The van der Waals surface area contributed by atoms with Crippen molar-refractivity contribution in [1.29, 1.82) is 10.5 Å². The van der Waals surface area contributed by atoms with E-state index in [4.69, 9.17) is 71.1 Å². The lowest BCUT2D eigenvalue weighted by Crippen LogP contribution is -2.68. The van der Waals surface area contributed by atoms with Gasteiger partial charge in [-0.1, -0.05) is 135 Å². The van der Waals surface area contributed by atoms with Gasteiger partial charge in [0.05, 0.1) is 63.7 Å². The molecule has 2 saturated heterocycles. The molecule has 3 N–H and O–H groups in total. The highest BCUT2D eigenvalue weighted by atomic mass is 32.2. The monoisotopic (exact) mass is 1890 g/mol. The van der Waals surface area contributed by atoms with E-state index >= 15 is 0 Å². The number of hydrogen-bond acceptors (Lipinski definition) is 28. The number of phenolic OH excluding ortho intramolecular Hbond substituents is 1.